The van der Waals surface area contributed by atoms with Crippen LogP contribution in [0.15, 0.2) is 24.5 Å². The second-order valence-electron chi connectivity index (χ2n) is 12.9. The minimum absolute atomic E-state index is 0.0927. The third kappa shape index (κ3) is 2.34. The second kappa shape index (κ2) is 6.49. The Balaban J connectivity index is 1.42. The number of anilines is 1. The molecular formula is C28H33N3O6. The van der Waals surface area contributed by atoms with E-state index in [-0.39, 0.29) is 36.5 Å². The molecule has 2 bridgehead atoms. The van der Waals surface area contributed by atoms with Crippen LogP contribution >= 0.6 is 0 Å². The number of carbonyl (C=O) groups excluding carboxylic acids is 3. The molecule has 7 aliphatic rings. The number of ether oxygens (including phenoxy) is 2. The first kappa shape index (κ1) is 23.1. The van der Waals surface area contributed by atoms with E-state index < -0.39 is 33.6 Å². The Labute approximate surface area is 215 Å². The van der Waals surface area contributed by atoms with Crippen molar-refractivity contribution < 1.29 is 29.0 Å². The van der Waals surface area contributed by atoms with E-state index in [9.17, 15) is 19.5 Å². The van der Waals surface area contributed by atoms with Gasteiger partial charge in [-0.25, -0.2) is 0 Å². The highest BCUT2D eigenvalue weighted by Crippen LogP contribution is 2.72. The molecule has 5 fully saturated rings. The van der Waals surface area contributed by atoms with Crippen molar-refractivity contribution in [3.05, 3.63) is 30.0 Å². The molecule has 6 heterocycles. The standard InChI is InChI=1S/C28H33N3O6/c1-24(2)10-11-36-21-16(37-24)7-6-15-20(21)29-22(34)27(15)13-26-14-31-19(33)9-8-18(32)28(31,23(35)30(26)5)12-17(26)25(27,3)4/h6-7,10-11,17-18,32H,8-9,12-14H2,1-5H3,(H,29,34)/t17-,18-,26+,27+,28+/m0/s1. The van der Waals surface area contributed by atoms with E-state index in [0.717, 1.165) is 5.56 Å². The molecule has 1 aliphatic carbocycles. The number of rotatable bonds is 0. The van der Waals surface area contributed by atoms with Crippen molar-refractivity contribution >= 4 is 23.4 Å². The van der Waals surface area contributed by atoms with Gasteiger partial charge in [-0.3, -0.25) is 14.4 Å². The Morgan fingerprint density at radius 1 is 1.14 bits per heavy atom. The minimum atomic E-state index is -1.27. The number of aliphatic hydroxyl groups excluding tert-OH is 1. The highest BCUT2D eigenvalue weighted by molar-refractivity contribution is 6.10. The van der Waals surface area contributed by atoms with Crippen LogP contribution in [0.5, 0.6) is 11.5 Å². The Kier molecular flexibility index (Phi) is 4.05. The monoisotopic (exact) mass is 507 g/mol. The van der Waals surface area contributed by atoms with Gasteiger partial charge in [-0.05, 0) is 62.1 Å². The van der Waals surface area contributed by atoms with Crippen LogP contribution in [-0.2, 0) is 19.8 Å². The smallest absolute Gasteiger partial charge is 0.251 e. The zero-order valence-corrected chi connectivity index (χ0v) is 21.9. The summed E-state index contributed by atoms with van der Waals surface area (Å²) in [4.78, 5) is 44.6. The van der Waals surface area contributed by atoms with Crippen LogP contribution in [-0.4, -0.2) is 69.0 Å². The molecule has 3 amide bonds. The molecule has 1 saturated carbocycles. The molecular weight excluding hydrogens is 474 g/mol. The van der Waals surface area contributed by atoms with Gasteiger partial charge in [0.15, 0.2) is 11.5 Å². The molecule has 5 atom stereocenters. The van der Waals surface area contributed by atoms with E-state index in [4.69, 9.17) is 9.47 Å². The molecule has 0 unspecified atom stereocenters. The summed E-state index contributed by atoms with van der Waals surface area (Å²) in [6.07, 6.45) is 3.74. The van der Waals surface area contributed by atoms with E-state index in [1.54, 1.807) is 23.1 Å². The molecule has 1 aromatic carbocycles. The van der Waals surface area contributed by atoms with Crippen LogP contribution in [0.25, 0.3) is 0 Å². The molecule has 2 N–H and O–H groups in total. The summed E-state index contributed by atoms with van der Waals surface area (Å²) in [6.45, 7) is 8.40. The third-order valence-corrected chi connectivity index (χ3v) is 10.7. The van der Waals surface area contributed by atoms with Crippen LogP contribution < -0.4 is 14.8 Å². The maximum absolute atomic E-state index is 14.2. The average molecular weight is 508 g/mol. The number of amides is 3. The van der Waals surface area contributed by atoms with Gasteiger partial charge >= 0.3 is 0 Å². The number of benzene rings is 1. The van der Waals surface area contributed by atoms with Crippen LogP contribution in [0, 0.1) is 11.3 Å². The second-order valence-corrected chi connectivity index (χ2v) is 12.9. The lowest BCUT2D eigenvalue weighted by atomic mass is 9.55. The van der Waals surface area contributed by atoms with Gasteiger partial charge in [-0.15, -0.1) is 0 Å². The fourth-order valence-electron chi connectivity index (χ4n) is 8.77. The summed E-state index contributed by atoms with van der Waals surface area (Å²) in [5.41, 5.74) is -2.68. The summed E-state index contributed by atoms with van der Waals surface area (Å²) in [7, 11) is 1.78. The Hall–Kier alpha value is -3.07. The zero-order valence-electron chi connectivity index (χ0n) is 21.9. The zero-order chi connectivity index (χ0) is 26.3. The molecule has 8 rings (SSSR count). The molecule has 196 valence electrons. The van der Waals surface area contributed by atoms with Gasteiger partial charge in [-0.2, -0.15) is 0 Å². The van der Waals surface area contributed by atoms with Crippen molar-refractivity contribution in [1.29, 1.82) is 0 Å². The molecule has 1 aromatic rings. The first-order valence-corrected chi connectivity index (χ1v) is 13.1. The van der Waals surface area contributed by atoms with Gasteiger partial charge in [0.1, 0.15) is 11.1 Å². The maximum Gasteiger partial charge on any atom is 0.251 e. The number of aliphatic hydroxyl groups is 1. The quantitative estimate of drug-likeness (QED) is 0.558. The number of piperidine rings is 3. The number of nitrogens with one attached hydrogen (secondary N) is 1. The van der Waals surface area contributed by atoms with Crippen LogP contribution in [0.3, 0.4) is 0 Å². The van der Waals surface area contributed by atoms with E-state index in [1.807, 2.05) is 32.1 Å². The van der Waals surface area contributed by atoms with E-state index in [2.05, 4.69) is 19.2 Å². The molecule has 37 heavy (non-hydrogen) atoms. The minimum Gasteiger partial charge on any atom is -0.480 e. The fraction of sp³-hybridized carbons (Fsp3) is 0.607. The summed E-state index contributed by atoms with van der Waals surface area (Å²) in [6, 6.07) is 3.81. The first-order chi connectivity index (χ1) is 17.3. The molecule has 9 nitrogen and oxygen atoms in total. The molecule has 9 heteroatoms. The van der Waals surface area contributed by atoms with Crippen LogP contribution in [0.1, 0.15) is 58.9 Å². The van der Waals surface area contributed by atoms with Crippen molar-refractivity contribution in [2.24, 2.45) is 11.3 Å². The summed E-state index contributed by atoms with van der Waals surface area (Å²) in [5.74, 6) is 0.481. The van der Waals surface area contributed by atoms with Crippen LogP contribution in [0.4, 0.5) is 5.69 Å². The van der Waals surface area contributed by atoms with E-state index in [0.29, 0.717) is 36.6 Å². The molecule has 6 aliphatic heterocycles. The highest BCUT2D eigenvalue weighted by atomic mass is 16.5. The molecule has 0 radical (unpaired) electrons. The molecule has 3 spiro atoms. The summed E-state index contributed by atoms with van der Waals surface area (Å²) < 4.78 is 12.2. The van der Waals surface area contributed by atoms with Gasteiger partial charge in [0.25, 0.3) is 5.91 Å². The maximum atomic E-state index is 14.2. The first-order valence-electron chi connectivity index (χ1n) is 13.1. The van der Waals surface area contributed by atoms with Gasteiger partial charge in [0, 0.05) is 20.0 Å². The lowest BCUT2D eigenvalue weighted by molar-refractivity contribution is -0.216. The number of hydrogen-bond acceptors (Lipinski definition) is 6. The van der Waals surface area contributed by atoms with Crippen LogP contribution in [0.2, 0.25) is 0 Å². The predicted molar refractivity (Wildman–Crippen MR) is 133 cm³/mol. The lowest BCUT2D eigenvalue weighted by Gasteiger charge is -2.67. The number of piperazine rings is 1. The molecule has 4 saturated heterocycles. The van der Waals surface area contributed by atoms with Gasteiger partial charge in [0.2, 0.25) is 11.8 Å². The molecule has 0 aromatic heterocycles. The average Bonchev–Trinajstić information content (AvgIpc) is 3.15. The highest BCUT2D eigenvalue weighted by Gasteiger charge is 2.80. The van der Waals surface area contributed by atoms with E-state index in [1.165, 1.54) is 0 Å². The number of hydrogen-bond donors (Lipinski definition) is 2. The number of fused-ring (bicyclic) bond motifs is 5. The van der Waals surface area contributed by atoms with E-state index >= 15 is 0 Å². The summed E-state index contributed by atoms with van der Waals surface area (Å²) in [5, 5.41) is 14.3. The predicted octanol–water partition coefficient (Wildman–Crippen LogP) is 2.32. The van der Waals surface area contributed by atoms with Gasteiger partial charge < -0.3 is 29.7 Å². The fourth-order valence-corrected chi connectivity index (χ4v) is 8.77. The van der Waals surface area contributed by atoms with Crippen molar-refractivity contribution in [2.45, 2.75) is 81.6 Å². The third-order valence-electron chi connectivity index (χ3n) is 10.7. The number of likely N-dealkylation sites (N-methyl/N-ethyl adjacent to an activating group) is 1. The lowest BCUT2D eigenvalue weighted by Crippen LogP contribution is -2.84. The Morgan fingerprint density at radius 3 is 2.65 bits per heavy atom. The van der Waals surface area contributed by atoms with Crippen molar-refractivity contribution in [2.75, 3.05) is 18.9 Å². The van der Waals surface area contributed by atoms with Gasteiger partial charge in [-0.1, -0.05) is 19.9 Å². The Morgan fingerprint density at radius 2 is 1.89 bits per heavy atom. The largest absolute Gasteiger partial charge is 0.480 e. The van der Waals surface area contributed by atoms with Crippen molar-refractivity contribution in [3.8, 4) is 11.5 Å². The normalized spacial score (nSPS) is 39.9. The van der Waals surface area contributed by atoms with Gasteiger partial charge in [0.05, 0.1) is 29.0 Å². The topological polar surface area (TPSA) is 108 Å². The number of carbonyl (C=O) groups is 3. The van der Waals surface area contributed by atoms with Crippen molar-refractivity contribution in [1.82, 2.24) is 9.80 Å². The Bertz CT molecular complexity index is 1340. The SMILES string of the molecule is CN1C(=O)[C@]23C[C@H]4C(C)(C)[C@@]5(C[C@@]41CN2C(=O)CC[C@@H]3O)C(=O)Nc1c5ccc2c1OC=CC(C)(C)O2. The van der Waals surface area contributed by atoms with Crippen molar-refractivity contribution in [3.63, 3.8) is 0 Å². The summed E-state index contributed by atoms with van der Waals surface area (Å²) >= 11 is 0. The number of nitrogens with zero attached hydrogens (tertiary/aromatic N) is 2.